The van der Waals surface area contributed by atoms with Crippen molar-refractivity contribution in [3.63, 3.8) is 0 Å². The maximum atomic E-state index is 12.7. The number of rotatable bonds is 7. The number of ether oxygens (including phenoxy) is 2. The molecule has 154 valence electrons. The number of benzene rings is 2. The van der Waals surface area contributed by atoms with Crippen LogP contribution < -0.4 is 9.47 Å². The largest absolute Gasteiger partial charge is 0.493 e. The molecule has 1 aliphatic rings. The first-order chi connectivity index (χ1) is 14.1. The highest BCUT2D eigenvalue weighted by molar-refractivity contribution is 6.30. The quantitative estimate of drug-likeness (QED) is 0.683. The summed E-state index contributed by atoms with van der Waals surface area (Å²) >= 11 is 5.95. The van der Waals surface area contributed by atoms with Gasteiger partial charge in [0.05, 0.1) is 7.11 Å². The molecule has 0 atom stereocenters. The van der Waals surface area contributed by atoms with E-state index in [9.17, 15) is 4.79 Å². The second-order valence-corrected chi connectivity index (χ2v) is 7.39. The van der Waals surface area contributed by atoms with Gasteiger partial charge in [0, 0.05) is 43.3 Å². The Morgan fingerprint density at radius 3 is 2.48 bits per heavy atom. The number of hydrogen-bond donors (Lipinski definition) is 0. The molecule has 0 bridgehead atoms. The average Bonchev–Trinajstić information content (AvgIpc) is 2.75. The molecule has 0 radical (unpaired) electrons. The second kappa shape index (κ2) is 10.3. The summed E-state index contributed by atoms with van der Waals surface area (Å²) in [6, 6.07) is 13.6. The minimum absolute atomic E-state index is 0.00210. The Hall–Kier alpha value is -2.50. The van der Waals surface area contributed by atoms with Crippen molar-refractivity contribution in [3.05, 3.63) is 64.7 Å². The lowest BCUT2D eigenvalue weighted by atomic mass is 10.1. The predicted molar refractivity (Wildman–Crippen MR) is 117 cm³/mol. The topological polar surface area (TPSA) is 42.0 Å². The minimum atomic E-state index is -0.00604. The zero-order valence-corrected chi connectivity index (χ0v) is 17.7. The van der Waals surface area contributed by atoms with Crippen molar-refractivity contribution in [2.24, 2.45) is 0 Å². The summed E-state index contributed by atoms with van der Waals surface area (Å²) < 4.78 is 11.3. The van der Waals surface area contributed by atoms with Crippen LogP contribution in [-0.4, -0.2) is 55.6 Å². The predicted octanol–water partition coefficient (Wildman–Crippen LogP) is 4.10. The van der Waals surface area contributed by atoms with Crippen LogP contribution in [0.15, 0.2) is 48.5 Å². The Bertz CT molecular complexity index is 844. The number of hydrogen-bond acceptors (Lipinski definition) is 4. The lowest BCUT2D eigenvalue weighted by Crippen LogP contribution is -2.49. The molecule has 0 aliphatic carbocycles. The monoisotopic (exact) mass is 414 g/mol. The lowest BCUT2D eigenvalue weighted by molar-refractivity contribution is -0.135. The molecule has 1 amide bonds. The van der Waals surface area contributed by atoms with Gasteiger partial charge in [0.1, 0.15) is 0 Å². The molecule has 29 heavy (non-hydrogen) atoms. The van der Waals surface area contributed by atoms with Gasteiger partial charge in [-0.3, -0.25) is 9.69 Å². The first kappa shape index (κ1) is 21.2. The Kier molecular flexibility index (Phi) is 7.55. The first-order valence-corrected chi connectivity index (χ1v) is 10.2. The summed E-state index contributed by atoms with van der Waals surface area (Å²) in [4.78, 5) is 16.9. The summed E-state index contributed by atoms with van der Waals surface area (Å²) in [6.45, 7) is 5.89. The number of nitrogens with zero attached hydrogens (tertiary/aromatic N) is 2. The zero-order valence-electron chi connectivity index (χ0n) is 16.9. The van der Waals surface area contributed by atoms with E-state index in [0.717, 1.165) is 30.2 Å². The number of para-hydroxylation sites is 1. The molecular formula is C23H27ClN2O3. The highest BCUT2D eigenvalue weighted by atomic mass is 35.5. The molecule has 0 unspecified atom stereocenters. The van der Waals surface area contributed by atoms with Crippen LogP contribution in [0.2, 0.25) is 5.02 Å². The van der Waals surface area contributed by atoms with Crippen LogP contribution in [0.1, 0.15) is 18.1 Å². The van der Waals surface area contributed by atoms with Gasteiger partial charge < -0.3 is 14.4 Å². The third kappa shape index (κ3) is 5.75. The molecule has 0 N–H and O–H groups in total. The number of carbonyl (C=O) groups is 1. The van der Waals surface area contributed by atoms with E-state index in [1.165, 1.54) is 5.56 Å². The smallest absolute Gasteiger partial charge is 0.260 e. The molecule has 3 rings (SSSR count). The van der Waals surface area contributed by atoms with E-state index in [1.807, 2.05) is 66.4 Å². The van der Waals surface area contributed by atoms with Crippen LogP contribution in [0.3, 0.4) is 0 Å². The van der Waals surface area contributed by atoms with Gasteiger partial charge in [-0.15, -0.1) is 0 Å². The first-order valence-electron chi connectivity index (χ1n) is 9.77. The molecule has 1 saturated heterocycles. The number of piperazine rings is 1. The van der Waals surface area contributed by atoms with E-state index in [4.69, 9.17) is 21.1 Å². The van der Waals surface area contributed by atoms with Gasteiger partial charge in [-0.1, -0.05) is 48.0 Å². The molecule has 0 saturated carbocycles. The maximum Gasteiger partial charge on any atom is 0.260 e. The number of amides is 1. The van der Waals surface area contributed by atoms with E-state index in [1.54, 1.807) is 7.11 Å². The van der Waals surface area contributed by atoms with Crippen LogP contribution in [0.25, 0.3) is 6.08 Å². The van der Waals surface area contributed by atoms with Gasteiger partial charge in [-0.25, -0.2) is 0 Å². The standard InChI is InChI=1S/C23H27ClN2O3/c1-3-5-19-6-4-7-21(28-2)23(19)29-17-22(27)26-14-12-25(13-15-26)16-18-8-10-20(24)11-9-18/h3-11H,12-17H2,1-2H3. The second-order valence-electron chi connectivity index (χ2n) is 6.95. The molecule has 0 spiro atoms. The fourth-order valence-electron chi connectivity index (χ4n) is 3.39. The molecular weight excluding hydrogens is 388 g/mol. The van der Waals surface area contributed by atoms with Crippen LogP contribution in [-0.2, 0) is 11.3 Å². The molecule has 1 aliphatic heterocycles. The van der Waals surface area contributed by atoms with Gasteiger partial charge in [0.25, 0.3) is 5.91 Å². The van der Waals surface area contributed by atoms with Gasteiger partial charge in [-0.2, -0.15) is 0 Å². The summed E-state index contributed by atoms with van der Waals surface area (Å²) in [6.07, 6.45) is 3.88. The summed E-state index contributed by atoms with van der Waals surface area (Å²) in [5.74, 6) is 1.22. The van der Waals surface area contributed by atoms with Crippen molar-refractivity contribution in [2.75, 3.05) is 39.9 Å². The maximum absolute atomic E-state index is 12.7. The van der Waals surface area contributed by atoms with Crippen LogP contribution in [0.5, 0.6) is 11.5 Å². The van der Waals surface area contributed by atoms with Crippen LogP contribution in [0, 0.1) is 0 Å². The van der Waals surface area contributed by atoms with Crippen molar-refractivity contribution >= 4 is 23.6 Å². The molecule has 6 heteroatoms. The summed E-state index contributed by atoms with van der Waals surface area (Å²) in [5, 5.41) is 0.747. The lowest BCUT2D eigenvalue weighted by Gasteiger charge is -2.34. The van der Waals surface area contributed by atoms with Gasteiger partial charge in [-0.05, 0) is 30.7 Å². The van der Waals surface area contributed by atoms with E-state index < -0.39 is 0 Å². The van der Waals surface area contributed by atoms with Crippen LogP contribution in [0.4, 0.5) is 0 Å². The van der Waals surface area contributed by atoms with E-state index in [-0.39, 0.29) is 12.5 Å². The fraction of sp³-hybridized carbons (Fsp3) is 0.348. The van der Waals surface area contributed by atoms with Crippen molar-refractivity contribution in [1.29, 1.82) is 0 Å². The highest BCUT2D eigenvalue weighted by Crippen LogP contribution is 2.32. The SMILES string of the molecule is CC=Cc1cccc(OC)c1OCC(=O)N1CCN(Cc2ccc(Cl)cc2)CC1. The third-order valence-corrected chi connectivity index (χ3v) is 5.21. The Balaban J connectivity index is 1.52. The van der Waals surface area contributed by atoms with Gasteiger partial charge in [0.15, 0.2) is 18.1 Å². The van der Waals surface area contributed by atoms with Crippen molar-refractivity contribution < 1.29 is 14.3 Å². The zero-order chi connectivity index (χ0) is 20.6. The van der Waals surface area contributed by atoms with E-state index >= 15 is 0 Å². The average molecular weight is 415 g/mol. The number of allylic oxidation sites excluding steroid dienone is 1. The van der Waals surface area contributed by atoms with Crippen molar-refractivity contribution in [3.8, 4) is 11.5 Å². The normalized spacial score (nSPS) is 14.9. The Labute approximate surface area is 177 Å². The molecule has 5 nitrogen and oxygen atoms in total. The molecule has 1 fully saturated rings. The van der Waals surface area contributed by atoms with Gasteiger partial charge >= 0.3 is 0 Å². The molecule has 2 aromatic rings. The molecule has 2 aromatic carbocycles. The van der Waals surface area contributed by atoms with Crippen molar-refractivity contribution in [1.82, 2.24) is 9.80 Å². The van der Waals surface area contributed by atoms with E-state index in [2.05, 4.69) is 4.90 Å². The molecule has 1 heterocycles. The third-order valence-electron chi connectivity index (χ3n) is 4.96. The van der Waals surface area contributed by atoms with E-state index in [0.29, 0.717) is 24.6 Å². The number of carbonyl (C=O) groups excluding carboxylic acids is 1. The summed E-state index contributed by atoms with van der Waals surface area (Å²) in [7, 11) is 1.60. The van der Waals surface area contributed by atoms with Crippen molar-refractivity contribution in [2.45, 2.75) is 13.5 Å². The highest BCUT2D eigenvalue weighted by Gasteiger charge is 2.22. The van der Waals surface area contributed by atoms with Gasteiger partial charge in [0.2, 0.25) is 0 Å². The number of methoxy groups -OCH3 is 1. The fourth-order valence-corrected chi connectivity index (χ4v) is 3.51. The minimum Gasteiger partial charge on any atom is -0.493 e. The summed E-state index contributed by atoms with van der Waals surface area (Å²) in [5.41, 5.74) is 2.12. The number of halogens is 1. The Morgan fingerprint density at radius 2 is 1.83 bits per heavy atom. The van der Waals surface area contributed by atoms with Crippen LogP contribution >= 0.6 is 11.6 Å². The molecule has 0 aromatic heterocycles. The Morgan fingerprint density at radius 1 is 1.10 bits per heavy atom.